The van der Waals surface area contributed by atoms with Gasteiger partial charge in [-0.3, -0.25) is 4.68 Å². The molecule has 3 nitrogen and oxygen atoms in total. The van der Waals surface area contributed by atoms with E-state index in [0.29, 0.717) is 0 Å². The maximum absolute atomic E-state index is 5.60. The zero-order valence-electron chi connectivity index (χ0n) is 9.27. The Morgan fingerprint density at radius 1 is 1.19 bits per heavy atom. The third-order valence-electron chi connectivity index (χ3n) is 2.77. The summed E-state index contributed by atoms with van der Waals surface area (Å²) in [6.07, 6.45) is 1.87. The molecule has 0 aliphatic rings. The van der Waals surface area contributed by atoms with Gasteiger partial charge >= 0.3 is 0 Å². The lowest BCUT2D eigenvalue weighted by Gasteiger charge is -1.98. The van der Waals surface area contributed by atoms with Gasteiger partial charge in [-0.05, 0) is 37.3 Å². The van der Waals surface area contributed by atoms with Gasteiger partial charge in [0.15, 0.2) is 0 Å². The molecule has 0 saturated heterocycles. The molecule has 0 aliphatic heterocycles. The quantitative estimate of drug-likeness (QED) is 0.620. The monoisotopic (exact) mass is 212 g/mol. The van der Waals surface area contributed by atoms with E-state index >= 15 is 0 Å². The van der Waals surface area contributed by atoms with E-state index in [0.717, 1.165) is 28.0 Å². The average molecular weight is 212 g/mol. The van der Waals surface area contributed by atoms with Crippen LogP contribution in [0.25, 0.3) is 22.2 Å². The van der Waals surface area contributed by atoms with E-state index in [1.165, 1.54) is 0 Å². The second-order valence-electron chi connectivity index (χ2n) is 3.95. The molecule has 0 N–H and O–H groups in total. The van der Waals surface area contributed by atoms with Crippen LogP contribution in [0.2, 0.25) is 0 Å². The number of furan rings is 1. The number of aryl methyl sites for hydroxylation is 2. The van der Waals surface area contributed by atoms with Crippen LogP contribution >= 0.6 is 0 Å². The Labute approximate surface area is 93.3 Å². The zero-order valence-corrected chi connectivity index (χ0v) is 9.27. The first-order valence-electron chi connectivity index (χ1n) is 5.22. The van der Waals surface area contributed by atoms with Gasteiger partial charge in [0.25, 0.3) is 0 Å². The summed E-state index contributed by atoms with van der Waals surface area (Å²) in [4.78, 5) is 0. The van der Waals surface area contributed by atoms with Crippen LogP contribution in [0.15, 0.2) is 40.9 Å². The molecule has 0 radical (unpaired) electrons. The minimum atomic E-state index is 0.906. The van der Waals surface area contributed by atoms with Crippen LogP contribution in [-0.2, 0) is 7.05 Å². The molecule has 2 aromatic heterocycles. The van der Waals surface area contributed by atoms with E-state index in [9.17, 15) is 0 Å². The summed E-state index contributed by atoms with van der Waals surface area (Å²) in [6, 6.07) is 10.2. The highest BCUT2D eigenvalue weighted by molar-refractivity contribution is 5.83. The SMILES string of the molecule is Cc1ccc(-c2ccc3c(cnn3C)c2)o1. The summed E-state index contributed by atoms with van der Waals surface area (Å²) >= 11 is 0. The number of hydrogen-bond acceptors (Lipinski definition) is 2. The fourth-order valence-corrected chi connectivity index (χ4v) is 1.91. The predicted octanol–water partition coefficient (Wildman–Crippen LogP) is 3.14. The average Bonchev–Trinajstić information content (AvgIpc) is 2.86. The van der Waals surface area contributed by atoms with E-state index in [1.807, 2.05) is 37.0 Å². The highest BCUT2D eigenvalue weighted by Gasteiger charge is 2.05. The van der Waals surface area contributed by atoms with E-state index in [2.05, 4.69) is 23.3 Å². The molecule has 16 heavy (non-hydrogen) atoms. The molecule has 0 bridgehead atoms. The highest BCUT2D eigenvalue weighted by Crippen LogP contribution is 2.25. The Morgan fingerprint density at radius 3 is 2.81 bits per heavy atom. The summed E-state index contributed by atoms with van der Waals surface area (Å²) in [6.45, 7) is 1.95. The van der Waals surface area contributed by atoms with Crippen molar-refractivity contribution >= 4 is 10.9 Å². The normalized spacial score (nSPS) is 11.1. The summed E-state index contributed by atoms with van der Waals surface area (Å²) < 4.78 is 7.47. The number of rotatable bonds is 1. The predicted molar refractivity (Wildman–Crippen MR) is 63.2 cm³/mol. The van der Waals surface area contributed by atoms with Crippen LogP contribution < -0.4 is 0 Å². The largest absolute Gasteiger partial charge is 0.461 e. The molecule has 0 fully saturated rings. The summed E-state index contributed by atoms with van der Waals surface area (Å²) in [5.74, 6) is 1.84. The molecule has 0 amide bonds. The fraction of sp³-hybridized carbons (Fsp3) is 0.154. The van der Waals surface area contributed by atoms with Gasteiger partial charge in [0.05, 0.1) is 11.7 Å². The molecule has 0 spiro atoms. The number of aromatic nitrogens is 2. The fourth-order valence-electron chi connectivity index (χ4n) is 1.91. The smallest absolute Gasteiger partial charge is 0.134 e. The van der Waals surface area contributed by atoms with Gasteiger partial charge in [-0.15, -0.1) is 0 Å². The van der Waals surface area contributed by atoms with Crippen molar-refractivity contribution < 1.29 is 4.42 Å². The highest BCUT2D eigenvalue weighted by atomic mass is 16.3. The summed E-state index contributed by atoms with van der Waals surface area (Å²) in [7, 11) is 1.94. The molecule has 0 saturated carbocycles. The standard InChI is InChI=1S/C13H12N2O/c1-9-3-6-13(16-9)10-4-5-12-11(7-10)8-14-15(12)2/h3-8H,1-2H3. The first-order chi connectivity index (χ1) is 7.74. The topological polar surface area (TPSA) is 31.0 Å². The van der Waals surface area contributed by atoms with E-state index in [4.69, 9.17) is 4.42 Å². The minimum Gasteiger partial charge on any atom is -0.461 e. The Hall–Kier alpha value is -2.03. The number of hydrogen-bond donors (Lipinski definition) is 0. The molecule has 0 atom stereocenters. The van der Waals surface area contributed by atoms with Crippen molar-refractivity contribution in [3.8, 4) is 11.3 Å². The van der Waals surface area contributed by atoms with Crippen LogP contribution in [0.3, 0.4) is 0 Å². The van der Waals surface area contributed by atoms with Gasteiger partial charge in [0, 0.05) is 18.0 Å². The second kappa shape index (κ2) is 3.23. The van der Waals surface area contributed by atoms with Crippen molar-refractivity contribution in [3.63, 3.8) is 0 Å². The number of fused-ring (bicyclic) bond motifs is 1. The third kappa shape index (κ3) is 1.33. The van der Waals surface area contributed by atoms with Gasteiger partial charge in [-0.25, -0.2) is 0 Å². The molecule has 3 aromatic rings. The van der Waals surface area contributed by atoms with Gasteiger partial charge < -0.3 is 4.42 Å². The molecular formula is C13H12N2O. The minimum absolute atomic E-state index is 0.906. The lowest BCUT2D eigenvalue weighted by Crippen LogP contribution is -1.87. The maximum atomic E-state index is 5.60. The van der Waals surface area contributed by atoms with Crippen molar-refractivity contribution in [2.45, 2.75) is 6.92 Å². The van der Waals surface area contributed by atoms with Crippen molar-refractivity contribution in [1.82, 2.24) is 9.78 Å². The van der Waals surface area contributed by atoms with Crippen LogP contribution in [0, 0.1) is 6.92 Å². The van der Waals surface area contributed by atoms with Crippen LogP contribution in [0.4, 0.5) is 0 Å². The molecule has 0 aliphatic carbocycles. The summed E-state index contributed by atoms with van der Waals surface area (Å²) in [5.41, 5.74) is 2.22. The van der Waals surface area contributed by atoms with E-state index in [-0.39, 0.29) is 0 Å². The third-order valence-corrected chi connectivity index (χ3v) is 2.77. The number of nitrogens with zero attached hydrogens (tertiary/aromatic N) is 2. The zero-order chi connectivity index (χ0) is 11.1. The van der Waals surface area contributed by atoms with Crippen LogP contribution in [0.1, 0.15) is 5.76 Å². The molecule has 0 unspecified atom stereocenters. The van der Waals surface area contributed by atoms with Crippen LogP contribution in [0.5, 0.6) is 0 Å². The molecule has 1 aromatic carbocycles. The first-order valence-corrected chi connectivity index (χ1v) is 5.22. The lowest BCUT2D eigenvalue weighted by molar-refractivity contribution is 0.548. The van der Waals surface area contributed by atoms with Crippen molar-refractivity contribution in [2.75, 3.05) is 0 Å². The molecular weight excluding hydrogens is 200 g/mol. The molecule has 3 rings (SSSR count). The Morgan fingerprint density at radius 2 is 2.06 bits per heavy atom. The lowest BCUT2D eigenvalue weighted by atomic mass is 10.1. The van der Waals surface area contributed by atoms with Crippen LogP contribution in [-0.4, -0.2) is 9.78 Å². The second-order valence-corrected chi connectivity index (χ2v) is 3.95. The first kappa shape index (κ1) is 9.21. The van der Waals surface area contributed by atoms with Gasteiger partial charge in [0.2, 0.25) is 0 Å². The van der Waals surface area contributed by atoms with E-state index < -0.39 is 0 Å². The van der Waals surface area contributed by atoms with E-state index in [1.54, 1.807) is 0 Å². The molecule has 3 heteroatoms. The van der Waals surface area contributed by atoms with Gasteiger partial charge in [-0.2, -0.15) is 5.10 Å². The Kier molecular flexibility index (Phi) is 1.86. The Balaban J connectivity index is 2.18. The van der Waals surface area contributed by atoms with Crippen molar-refractivity contribution in [3.05, 3.63) is 42.3 Å². The van der Waals surface area contributed by atoms with Gasteiger partial charge in [-0.1, -0.05) is 0 Å². The van der Waals surface area contributed by atoms with Crippen molar-refractivity contribution in [2.24, 2.45) is 7.05 Å². The van der Waals surface area contributed by atoms with Crippen molar-refractivity contribution in [1.29, 1.82) is 0 Å². The number of benzene rings is 1. The molecule has 2 heterocycles. The Bertz CT molecular complexity index is 649. The maximum Gasteiger partial charge on any atom is 0.134 e. The summed E-state index contributed by atoms with van der Waals surface area (Å²) in [5, 5.41) is 5.36. The molecule has 80 valence electrons. The van der Waals surface area contributed by atoms with Gasteiger partial charge in [0.1, 0.15) is 11.5 Å².